The Balaban J connectivity index is 1.22. The lowest BCUT2D eigenvalue weighted by Crippen LogP contribution is -2.35. The molecule has 172 valence electrons. The molecule has 6 nitrogen and oxygen atoms in total. The van der Waals surface area contributed by atoms with Gasteiger partial charge in [0.25, 0.3) is 0 Å². The molecule has 2 atom stereocenters. The fourth-order valence-electron chi connectivity index (χ4n) is 4.42. The average Bonchev–Trinajstić information content (AvgIpc) is 3.47. The van der Waals surface area contributed by atoms with E-state index >= 15 is 0 Å². The van der Waals surface area contributed by atoms with Crippen LogP contribution >= 0.6 is 11.6 Å². The van der Waals surface area contributed by atoms with Crippen LogP contribution in [0.15, 0.2) is 48.5 Å². The van der Waals surface area contributed by atoms with E-state index in [1.54, 1.807) is 0 Å². The van der Waals surface area contributed by atoms with Gasteiger partial charge < -0.3 is 19.9 Å². The first kappa shape index (κ1) is 22.9. The van der Waals surface area contributed by atoms with Gasteiger partial charge in [-0.25, -0.2) is 0 Å². The van der Waals surface area contributed by atoms with E-state index < -0.39 is 6.10 Å². The Labute approximate surface area is 194 Å². The van der Waals surface area contributed by atoms with Gasteiger partial charge >= 0.3 is 0 Å². The number of hydrogen-bond donors (Lipinski definition) is 2. The fourth-order valence-corrected chi connectivity index (χ4v) is 4.55. The molecule has 1 aliphatic heterocycles. The minimum Gasteiger partial charge on any atom is -0.489 e. The number of para-hydroxylation sites is 2. The highest BCUT2D eigenvalue weighted by molar-refractivity contribution is 6.30. The molecule has 2 aromatic carbocycles. The maximum atomic E-state index is 12.5. The summed E-state index contributed by atoms with van der Waals surface area (Å²) in [7, 11) is 0. The molecule has 1 aliphatic carbocycles. The SMILES string of the molecule is O=C(Nc1ccccc1OCC(O)CN1CCC(Oc2ccc(Cl)cc2)C1)C1CCCC1. The van der Waals surface area contributed by atoms with Gasteiger partial charge in [-0.05, 0) is 55.7 Å². The molecule has 2 aromatic rings. The van der Waals surface area contributed by atoms with E-state index in [-0.39, 0.29) is 24.5 Å². The molecule has 2 unspecified atom stereocenters. The number of β-amino-alcohol motifs (C(OH)–C–C–N with tert-alkyl or cyclic N) is 1. The first-order chi connectivity index (χ1) is 15.6. The smallest absolute Gasteiger partial charge is 0.227 e. The van der Waals surface area contributed by atoms with Crippen molar-refractivity contribution in [3.05, 3.63) is 53.6 Å². The van der Waals surface area contributed by atoms with Crippen LogP contribution in [0.5, 0.6) is 11.5 Å². The third-order valence-corrected chi connectivity index (χ3v) is 6.37. The van der Waals surface area contributed by atoms with Gasteiger partial charge in [-0.2, -0.15) is 0 Å². The Kier molecular flexibility index (Phi) is 7.90. The second-order valence-corrected chi connectivity index (χ2v) is 9.11. The summed E-state index contributed by atoms with van der Waals surface area (Å²) in [6, 6.07) is 14.8. The highest BCUT2D eigenvalue weighted by atomic mass is 35.5. The van der Waals surface area contributed by atoms with Crippen molar-refractivity contribution >= 4 is 23.2 Å². The second kappa shape index (κ2) is 11.0. The zero-order valence-electron chi connectivity index (χ0n) is 18.2. The molecular formula is C25H31ClN2O4. The number of likely N-dealkylation sites (tertiary alicyclic amines) is 1. The van der Waals surface area contributed by atoms with Gasteiger partial charge in [-0.1, -0.05) is 36.6 Å². The number of anilines is 1. The van der Waals surface area contributed by atoms with Crippen molar-refractivity contribution in [3.8, 4) is 11.5 Å². The van der Waals surface area contributed by atoms with Crippen LogP contribution in [0.25, 0.3) is 0 Å². The summed E-state index contributed by atoms with van der Waals surface area (Å²) in [6.07, 6.45) is 4.50. The molecule has 2 fully saturated rings. The van der Waals surface area contributed by atoms with E-state index in [4.69, 9.17) is 21.1 Å². The van der Waals surface area contributed by atoms with Crippen molar-refractivity contribution in [1.29, 1.82) is 0 Å². The Bertz CT molecular complexity index is 886. The summed E-state index contributed by atoms with van der Waals surface area (Å²) in [4.78, 5) is 14.7. The molecule has 1 heterocycles. The quantitative estimate of drug-likeness (QED) is 0.584. The van der Waals surface area contributed by atoms with Gasteiger partial charge in [0.05, 0.1) is 5.69 Å². The first-order valence-corrected chi connectivity index (χ1v) is 11.8. The maximum Gasteiger partial charge on any atom is 0.227 e. The zero-order valence-corrected chi connectivity index (χ0v) is 19.0. The van der Waals surface area contributed by atoms with Crippen LogP contribution in [0.1, 0.15) is 32.1 Å². The molecule has 1 saturated heterocycles. The lowest BCUT2D eigenvalue weighted by molar-refractivity contribution is -0.119. The van der Waals surface area contributed by atoms with Gasteiger partial charge in [0.15, 0.2) is 0 Å². The first-order valence-electron chi connectivity index (χ1n) is 11.4. The van der Waals surface area contributed by atoms with E-state index in [0.717, 1.165) is 50.9 Å². The molecule has 0 spiro atoms. The van der Waals surface area contributed by atoms with Crippen molar-refractivity contribution in [3.63, 3.8) is 0 Å². The number of benzene rings is 2. The van der Waals surface area contributed by atoms with Crippen molar-refractivity contribution < 1.29 is 19.4 Å². The summed E-state index contributed by atoms with van der Waals surface area (Å²) in [5, 5.41) is 14.2. The molecule has 2 aliphatic rings. The molecule has 32 heavy (non-hydrogen) atoms. The van der Waals surface area contributed by atoms with Crippen LogP contribution in [0.3, 0.4) is 0 Å². The van der Waals surface area contributed by atoms with Crippen molar-refractivity contribution in [2.24, 2.45) is 5.92 Å². The normalized spacial score (nSPS) is 20.2. The van der Waals surface area contributed by atoms with Crippen LogP contribution in [0.4, 0.5) is 5.69 Å². The number of nitrogens with zero attached hydrogens (tertiary/aromatic N) is 1. The number of ether oxygens (including phenoxy) is 2. The number of aliphatic hydroxyl groups excluding tert-OH is 1. The van der Waals surface area contributed by atoms with Gasteiger partial charge in [0, 0.05) is 30.6 Å². The number of carbonyl (C=O) groups excluding carboxylic acids is 1. The Hall–Kier alpha value is -2.28. The summed E-state index contributed by atoms with van der Waals surface area (Å²) in [5.41, 5.74) is 0.661. The molecule has 0 bridgehead atoms. The van der Waals surface area contributed by atoms with E-state index in [0.29, 0.717) is 23.0 Å². The Morgan fingerprint density at radius 1 is 1.12 bits per heavy atom. The highest BCUT2D eigenvalue weighted by Gasteiger charge is 2.26. The summed E-state index contributed by atoms with van der Waals surface area (Å²) >= 11 is 5.92. The number of carbonyl (C=O) groups is 1. The zero-order chi connectivity index (χ0) is 22.3. The summed E-state index contributed by atoms with van der Waals surface area (Å²) < 4.78 is 11.9. The van der Waals surface area contributed by atoms with Gasteiger partial charge in [-0.15, -0.1) is 0 Å². The Morgan fingerprint density at radius 3 is 2.66 bits per heavy atom. The summed E-state index contributed by atoms with van der Waals surface area (Å²) in [5.74, 6) is 1.54. The maximum absolute atomic E-state index is 12.5. The fraction of sp³-hybridized carbons (Fsp3) is 0.480. The molecule has 4 rings (SSSR count). The van der Waals surface area contributed by atoms with E-state index in [9.17, 15) is 9.90 Å². The van der Waals surface area contributed by atoms with E-state index in [1.807, 2.05) is 48.5 Å². The minimum absolute atomic E-state index is 0.0582. The third-order valence-electron chi connectivity index (χ3n) is 6.12. The predicted molar refractivity (Wildman–Crippen MR) is 125 cm³/mol. The lowest BCUT2D eigenvalue weighted by atomic mass is 10.1. The van der Waals surface area contributed by atoms with Crippen LogP contribution < -0.4 is 14.8 Å². The second-order valence-electron chi connectivity index (χ2n) is 8.67. The van der Waals surface area contributed by atoms with Crippen LogP contribution in [0, 0.1) is 5.92 Å². The van der Waals surface area contributed by atoms with Crippen LogP contribution in [-0.2, 0) is 4.79 Å². The predicted octanol–water partition coefficient (Wildman–Crippen LogP) is 4.36. The van der Waals surface area contributed by atoms with Gasteiger partial charge in [0.1, 0.15) is 30.3 Å². The number of hydrogen-bond acceptors (Lipinski definition) is 5. The summed E-state index contributed by atoms with van der Waals surface area (Å²) in [6.45, 7) is 2.30. The third kappa shape index (κ3) is 6.37. The molecule has 7 heteroatoms. The van der Waals surface area contributed by atoms with Gasteiger partial charge in [-0.3, -0.25) is 9.69 Å². The monoisotopic (exact) mass is 458 g/mol. The number of amides is 1. The largest absolute Gasteiger partial charge is 0.489 e. The highest BCUT2D eigenvalue weighted by Crippen LogP contribution is 2.29. The van der Waals surface area contributed by atoms with Crippen molar-refractivity contribution in [1.82, 2.24) is 4.90 Å². The number of halogens is 1. The van der Waals surface area contributed by atoms with E-state index in [2.05, 4.69) is 10.2 Å². The molecule has 1 saturated carbocycles. The lowest BCUT2D eigenvalue weighted by Gasteiger charge is -2.21. The standard InChI is InChI=1S/C25H31ClN2O4/c26-19-9-11-21(12-10-19)32-22-13-14-28(16-22)15-20(29)17-31-24-8-4-3-7-23(24)27-25(30)18-5-1-2-6-18/h3-4,7-12,18,20,22,29H,1-2,5-6,13-17H2,(H,27,30). The van der Waals surface area contributed by atoms with Crippen molar-refractivity contribution in [2.75, 3.05) is 31.6 Å². The number of rotatable bonds is 9. The van der Waals surface area contributed by atoms with Crippen LogP contribution in [-0.4, -0.2) is 54.4 Å². The number of nitrogens with one attached hydrogen (secondary N) is 1. The molecule has 0 aromatic heterocycles. The number of aliphatic hydroxyl groups is 1. The molecule has 0 radical (unpaired) electrons. The molecule has 1 amide bonds. The van der Waals surface area contributed by atoms with Gasteiger partial charge in [0.2, 0.25) is 5.91 Å². The molecule has 2 N–H and O–H groups in total. The minimum atomic E-state index is -0.636. The van der Waals surface area contributed by atoms with Crippen molar-refractivity contribution in [2.45, 2.75) is 44.3 Å². The van der Waals surface area contributed by atoms with E-state index in [1.165, 1.54) is 0 Å². The van der Waals surface area contributed by atoms with Crippen LogP contribution in [0.2, 0.25) is 5.02 Å². The molecular weight excluding hydrogens is 428 g/mol. The topological polar surface area (TPSA) is 71.0 Å². The average molecular weight is 459 g/mol. The Morgan fingerprint density at radius 2 is 1.88 bits per heavy atom.